The van der Waals surface area contributed by atoms with Gasteiger partial charge in [-0.3, -0.25) is 4.79 Å². The summed E-state index contributed by atoms with van der Waals surface area (Å²) in [6, 6.07) is 6.52. The minimum Gasteiger partial charge on any atom is -0.482 e. The van der Waals surface area contributed by atoms with E-state index in [2.05, 4.69) is 15.5 Å². The average molecular weight is 347 g/mol. The van der Waals surface area contributed by atoms with Crippen molar-refractivity contribution < 1.29 is 9.53 Å². The third-order valence-corrected chi connectivity index (χ3v) is 3.37. The zero-order chi connectivity index (χ0) is 15.2. The van der Waals surface area contributed by atoms with Gasteiger partial charge in [-0.15, -0.1) is 0 Å². The number of aromatic amines is 1. The zero-order valence-electron chi connectivity index (χ0n) is 10.6. The number of hydrazone groups is 1. The molecule has 1 aromatic heterocycles. The Balaban J connectivity index is 1.85. The van der Waals surface area contributed by atoms with Gasteiger partial charge >= 0.3 is 0 Å². The fourth-order valence-corrected chi connectivity index (χ4v) is 1.98. The molecule has 2 aromatic rings. The van der Waals surface area contributed by atoms with Crippen LogP contribution in [-0.4, -0.2) is 23.7 Å². The van der Waals surface area contributed by atoms with Crippen LogP contribution in [0.1, 0.15) is 5.69 Å². The fourth-order valence-electron chi connectivity index (χ4n) is 1.39. The van der Waals surface area contributed by atoms with Crippen molar-refractivity contribution in [2.75, 3.05) is 6.61 Å². The summed E-state index contributed by atoms with van der Waals surface area (Å²) >= 11 is 17.6. The van der Waals surface area contributed by atoms with E-state index in [0.717, 1.165) is 5.69 Å². The lowest BCUT2D eigenvalue weighted by molar-refractivity contribution is -0.123. The van der Waals surface area contributed by atoms with Crippen LogP contribution in [0.3, 0.4) is 0 Å². The number of carbonyl (C=O) groups is 1. The Hall–Kier alpha value is -1.69. The molecule has 0 spiro atoms. The molecular formula is C13H10Cl3N3O2. The Morgan fingerprint density at radius 2 is 2.05 bits per heavy atom. The van der Waals surface area contributed by atoms with Gasteiger partial charge in [-0.05, 0) is 18.2 Å². The van der Waals surface area contributed by atoms with Crippen LogP contribution in [0.25, 0.3) is 0 Å². The first kappa shape index (κ1) is 15.7. The number of nitrogens with one attached hydrogen (secondary N) is 2. The molecule has 8 heteroatoms. The zero-order valence-corrected chi connectivity index (χ0v) is 12.8. The maximum atomic E-state index is 11.5. The summed E-state index contributed by atoms with van der Waals surface area (Å²) in [6.45, 7) is -0.250. The Labute approximate surface area is 135 Å². The normalized spacial score (nSPS) is 10.8. The van der Waals surface area contributed by atoms with Crippen LogP contribution in [0.15, 0.2) is 35.6 Å². The number of aromatic nitrogens is 1. The van der Waals surface area contributed by atoms with Gasteiger partial charge in [0.05, 0.1) is 27.0 Å². The number of H-pyrrole nitrogens is 1. The van der Waals surface area contributed by atoms with E-state index in [1.54, 1.807) is 6.20 Å². The molecule has 0 aliphatic carbocycles. The lowest BCUT2D eigenvalue weighted by Gasteiger charge is -2.08. The molecule has 0 aliphatic rings. The van der Waals surface area contributed by atoms with Gasteiger partial charge in [0.15, 0.2) is 6.61 Å². The van der Waals surface area contributed by atoms with Gasteiger partial charge < -0.3 is 9.72 Å². The van der Waals surface area contributed by atoms with Crippen molar-refractivity contribution in [1.29, 1.82) is 0 Å². The van der Waals surface area contributed by atoms with E-state index >= 15 is 0 Å². The highest BCUT2D eigenvalue weighted by Crippen LogP contribution is 2.33. The molecule has 0 radical (unpaired) electrons. The molecule has 1 aromatic carbocycles. The molecule has 1 amide bonds. The predicted octanol–water partition coefficient (Wildman–Crippen LogP) is 3.50. The predicted molar refractivity (Wildman–Crippen MR) is 83.5 cm³/mol. The summed E-state index contributed by atoms with van der Waals surface area (Å²) in [6.07, 6.45) is 3.22. The maximum Gasteiger partial charge on any atom is 0.277 e. The van der Waals surface area contributed by atoms with E-state index in [-0.39, 0.29) is 17.4 Å². The number of benzene rings is 1. The fraction of sp³-hybridized carbons (Fsp3) is 0.0769. The highest BCUT2D eigenvalue weighted by atomic mass is 35.5. The van der Waals surface area contributed by atoms with Crippen molar-refractivity contribution >= 4 is 46.9 Å². The first-order valence-corrected chi connectivity index (χ1v) is 6.92. The molecule has 2 N–H and O–H groups in total. The first-order chi connectivity index (χ1) is 10.1. The number of halogens is 3. The van der Waals surface area contributed by atoms with E-state index in [9.17, 15) is 4.79 Å². The number of rotatable bonds is 5. The molecule has 0 saturated carbocycles. The number of hydrogen-bond donors (Lipinski definition) is 2. The summed E-state index contributed by atoms with van der Waals surface area (Å²) in [7, 11) is 0. The van der Waals surface area contributed by atoms with Gasteiger partial charge in [-0.1, -0.05) is 34.8 Å². The van der Waals surface area contributed by atoms with E-state index in [4.69, 9.17) is 39.5 Å². The highest BCUT2D eigenvalue weighted by molar-refractivity contribution is 6.43. The SMILES string of the molecule is O=C(COc1cc(Cl)c(Cl)cc1Cl)N/N=C/c1ccc[nH]1. The quantitative estimate of drug-likeness (QED) is 0.494. The number of carbonyl (C=O) groups excluding carboxylic acids is 1. The molecule has 5 nitrogen and oxygen atoms in total. The Morgan fingerprint density at radius 1 is 1.29 bits per heavy atom. The standard InChI is InChI=1S/C13H10Cl3N3O2/c14-9-4-11(16)12(5-10(9)15)21-7-13(20)19-18-6-8-2-1-3-17-8/h1-6,17H,7H2,(H,19,20)/b18-6+. The van der Waals surface area contributed by atoms with Crippen LogP contribution >= 0.6 is 34.8 Å². The molecule has 0 unspecified atom stereocenters. The average Bonchev–Trinajstić information content (AvgIpc) is 2.94. The van der Waals surface area contributed by atoms with E-state index in [1.165, 1.54) is 18.3 Å². The second-order valence-corrected chi connectivity index (χ2v) is 5.13. The second kappa shape index (κ2) is 7.36. The van der Waals surface area contributed by atoms with Gasteiger partial charge in [0.25, 0.3) is 5.91 Å². The first-order valence-electron chi connectivity index (χ1n) is 5.79. The molecule has 0 bridgehead atoms. The molecule has 0 saturated heterocycles. The van der Waals surface area contributed by atoms with Gasteiger partial charge in [-0.25, -0.2) is 5.43 Å². The molecule has 2 rings (SSSR count). The summed E-state index contributed by atoms with van der Waals surface area (Å²) in [5.41, 5.74) is 3.09. The van der Waals surface area contributed by atoms with Gasteiger partial charge in [0, 0.05) is 12.3 Å². The highest BCUT2D eigenvalue weighted by Gasteiger charge is 2.09. The monoisotopic (exact) mass is 345 g/mol. The van der Waals surface area contributed by atoms with Crippen LogP contribution in [0, 0.1) is 0 Å². The van der Waals surface area contributed by atoms with Crippen LogP contribution in [0.4, 0.5) is 0 Å². The molecule has 110 valence electrons. The summed E-state index contributed by atoms with van der Waals surface area (Å²) in [5, 5.41) is 4.64. The lowest BCUT2D eigenvalue weighted by Crippen LogP contribution is -2.24. The smallest absolute Gasteiger partial charge is 0.277 e. The minimum absolute atomic E-state index is 0.250. The van der Waals surface area contributed by atoms with Crippen LogP contribution in [0.2, 0.25) is 15.1 Å². The third-order valence-electron chi connectivity index (χ3n) is 2.35. The Morgan fingerprint density at radius 3 is 2.76 bits per heavy atom. The number of ether oxygens (including phenoxy) is 1. The topological polar surface area (TPSA) is 66.5 Å². The van der Waals surface area contributed by atoms with Crippen molar-refractivity contribution in [3.05, 3.63) is 51.2 Å². The molecule has 0 atom stereocenters. The summed E-state index contributed by atoms with van der Waals surface area (Å²) in [4.78, 5) is 14.5. The number of hydrogen-bond acceptors (Lipinski definition) is 3. The molecule has 0 fully saturated rings. The maximum absolute atomic E-state index is 11.5. The number of nitrogens with zero attached hydrogens (tertiary/aromatic N) is 1. The second-order valence-electron chi connectivity index (χ2n) is 3.90. The number of amides is 1. The van der Waals surface area contributed by atoms with Crippen LogP contribution in [-0.2, 0) is 4.79 Å². The van der Waals surface area contributed by atoms with Gasteiger partial charge in [0.2, 0.25) is 0 Å². The van der Waals surface area contributed by atoms with Crippen molar-refractivity contribution in [3.63, 3.8) is 0 Å². The van der Waals surface area contributed by atoms with Crippen LogP contribution < -0.4 is 10.2 Å². The van der Waals surface area contributed by atoms with Gasteiger partial charge in [0.1, 0.15) is 5.75 Å². The van der Waals surface area contributed by atoms with Crippen molar-refractivity contribution in [2.45, 2.75) is 0 Å². The van der Waals surface area contributed by atoms with E-state index < -0.39 is 5.91 Å². The minimum atomic E-state index is -0.431. The van der Waals surface area contributed by atoms with Crippen molar-refractivity contribution in [1.82, 2.24) is 10.4 Å². The van der Waals surface area contributed by atoms with Crippen molar-refractivity contribution in [3.8, 4) is 5.75 Å². The summed E-state index contributed by atoms with van der Waals surface area (Å²) < 4.78 is 5.25. The molecule has 1 heterocycles. The lowest BCUT2D eigenvalue weighted by atomic mass is 10.3. The van der Waals surface area contributed by atoms with E-state index in [0.29, 0.717) is 10.0 Å². The largest absolute Gasteiger partial charge is 0.482 e. The third kappa shape index (κ3) is 4.67. The Kier molecular flexibility index (Phi) is 5.50. The summed E-state index contributed by atoms with van der Waals surface area (Å²) in [5.74, 6) is -0.158. The van der Waals surface area contributed by atoms with Gasteiger partial charge in [-0.2, -0.15) is 5.10 Å². The van der Waals surface area contributed by atoms with Crippen molar-refractivity contribution in [2.24, 2.45) is 5.10 Å². The Bertz CT molecular complexity index is 657. The molecule has 0 aliphatic heterocycles. The molecular weight excluding hydrogens is 337 g/mol. The van der Waals surface area contributed by atoms with Crippen LogP contribution in [0.5, 0.6) is 5.75 Å². The molecule has 21 heavy (non-hydrogen) atoms. The van der Waals surface area contributed by atoms with E-state index in [1.807, 2.05) is 12.1 Å².